The molecule has 0 fully saturated rings. The molecule has 6 heteroatoms. The first-order valence-electron chi connectivity index (χ1n) is 6.81. The van der Waals surface area contributed by atoms with Crippen LogP contribution in [0.3, 0.4) is 0 Å². The first-order valence-corrected chi connectivity index (χ1v) is 7.60. The van der Waals surface area contributed by atoms with E-state index in [0.29, 0.717) is 11.1 Å². The summed E-state index contributed by atoms with van der Waals surface area (Å²) in [6, 6.07) is 5.52. The van der Waals surface area contributed by atoms with Gasteiger partial charge in [-0.2, -0.15) is 0 Å². The zero-order valence-corrected chi connectivity index (χ0v) is 14.6. The van der Waals surface area contributed by atoms with Gasteiger partial charge >= 0.3 is 12.1 Å². The van der Waals surface area contributed by atoms with Gasteiger partial charge in [-0.3, -0.25) is 9.36 Å². The number of methoxy groups -OCH3 is 1. The molecule has 0 N–H and O–H groups in total. The summed E-state index contributed by atoms with van der Waals surface area (Å²) >= 11 is 3.40. The minimum Gasteiger partial charge on any atom is -0.469 e. The number of fused-ring (bicyclic) bond motifs is 1. The molecule has 1 aromatic carbocycles. The number of ether oxygens (including phenoxy) is 2. The van der Waals surface area contributed by atoms with Crippen LogP contribution in [0.1, 0.15) is 26.3 Å². The van der Waals surface area contributed by atoms with Crippen molar-refractivity contribution in [1.82, 2.24) is 4.57 Å². The molecule has 118 valence electrons. The summed E-state index contributed by atoms with van der Waals surface area (Å²) in [5.74, 6) is -0.358. The number of nitrogens with zero attached hydrogens (tertiary/aromatic N) is 1. The summed E-state index contributed by atoms with van der Waals surface area (Å²) in [6.07, 6.45) is 1.25. The van der Waals surface area contributed by atoms with Crippen LogP contribution in [0.2, 0.25) is 0 Å². The highest BCUT2D eigenvalue weighted by Gasteiger charge is 2.21. The fourth-order valence-electron chi connectivity index (χ4n) is 2.10. The molecule has 0 saturated carbocycles. The van der Waals surface area contributed by atoms with Crippen molar-refractivity contribution in [2.24, 2.45) is 0 Å². The van der Waals surface area contributed by atoms with Crippen LogP contribution >= 0.6 is 15.9 Å². The predicted molar refractivity (Wildman–Crippen MR) is 87.0 cm³/mol. The summed E-state index contributed by atoms with van der Waals surface area (Å²) in [4.78, 5) is 23.9. The second kappa shape index (κ2) is 6.12. The molecule has 22 heavy (non-hydrogen) atoms. The normalized spacial score (nSPS) is 11.5. The number of aromatic nitrogens is 1. The molecule has 2 aromatic rings. The molecule has 0 radical (unpaired) electrons. The molecule has 0 aliphatic rings. The molecule has 2 rings (SSSR count). The second-order valence-corrected chi connectivity index (χ2v) is 6.83. The van der Waals surface area contributed by atoms with Gasteiger partial charge in [-0.25, -0.2) is 4.79 Å². The van der Waals surface area contributed by atoms with Crippen molar-refractivity contribution >= 4 is 38.9 Å². The van der Waals surface area contributed by atoms with Crippen molar-refractivity contribution in [2.45, 2.75) is 32.8 Å². The Morgan fingerprint density at radius 2 is 1.95 bits per heavy atom. The van der Waals surface area contributed by atoms with Gasteiger partial charge in [0, 0.05) is 16.1 Å². The van der Waals surface area contributed by atoms with Crippen LogP contribution in [0.25, 0.3) is 10.9 Å². The van der Waals surface area contributed by atoms with Gasteiger partial charge in [-0.1, -0.05) is 15.9 Å². The average Bonchev–Trinajstić information content (AvgIpc) is 2.75. The van der Waals surface area contributed by atoms with Crippen molar-refractivity contribution in [3.05, 3.63) is 34.4 Å². The number of rotatable bonds is 2. The minimum absolute atomic E-state index is 0.0965. The minimum atomic E-state index is -0.592. The molecule has 0 bridgehead atoms. The van der Waals surface area contributed by atoms with Gasteiger partial charge in [-0.15, -0.1) is 0 Å². The topological polar surface area (TPSA) is 57.5 Å². The smallest absolute Gasteiger partial charge is 0.419 e. The van der Waals surface area contributed by atoms with Gasteiger partial charge in [0.2, 0.25) is 0 Å². The summed E-state index contributed by atoms with van der Waals surface area (Å²) < 4.78 is 12.4. The number of carbonyl (C=O) groups is 2. The fourth-order valence-corrected chi connectivity index (χ4v) is 2.46. The molecule has 0 saturated heterocycles. The molecule has 0 aliphatic heterocycles. The lowest BCUT2D eigenvalue weighted by molar-refractivity contribution is -0.139. The van der Waals surface area contributed by atoms with Gasteiger partial charge in [0.1, 0.15) is 5.60 Å². The van der Waals surface area contributed by atoms with E-state index in [1.807, 2.05) is 39.0 Å². The maximum atomic E-state index is 12.3. The lowest BCUT2D eigenvalue weighted by Crippen LogP contribution is -2.26. The maximum Gasteiger partial charge on any atom is 0.419 e. The number of benzene rings is 1. The molecule has 0 aliphatic carbocycles. The third-order valence-electron chi connectivity index (χ3n) is 3.00. The summed E-state index contributed by atoms with van der Waals surface area (Å²) in [7, 11) is 1.34. The molecule has 1 aromatic heterocycles. The Morgan fingerprint density at radius 1 is 1.27 bits per heavy atom. The molecule has 0 atom stereocenters. The Kier molecular flexibility index (Phi) is 4.60. The van der Waals surface area contributed by atoms with Crippen molar-refractivity contribution < 1.29 is 19.1 Å². The van der Waals surface area contributed by atoms with Crippen molar-refractivity contribution in [3.63, 3.8) is 0 Å². The molecular formula is C16H18BrNO4. The van der Waals surface area contributed by atoms with Gasteiger partial charge < -0.3 is 9.47 Å². The second-order valence-electron chi connectivity index (χ2n) is 5.92. The first-order chi connectivity index (χ1) is 10.2. The maximum absolute atomic E-state index is 12.3. The summed E-state index contributed by atoms with van der Waals surface area (Å²) in [5.41, 5.74) is 0.816. The summed E-state index contributed by atoms with van der Waals surface area (Å²) in [6.45, 7) is 5.42. The molecule has 0 spiro atoms. The van der Waals surface area contributed by atoms with E-state index in [-0.39, 0.29) is 12.4 Å². The molecule has 5 nitrogen and oxygen atoms in total. The number of hydrogen-bond acceptors (Lipinski definition) is 4. The van der Waals surface area contributed by atoms with E-state index in [1.165, 1.54) is 11.7 Å². The van der Waals surface area contributed by atoms with Gasteiger partial charge in [0.15, 0.2) is 0 Å². The predicted octanol–water partition coefficient (Wildman–Crippen LogP) is 3.90. The van der Waals surface area contributed by atoms with Crippen molar-refractivity contribution in [3.8, 4) is 0 Å². The molecule has 0 unspecified atom stereocenters. The Morgan fingerprint density at radius 3 is 2.55 bits per heavy atom. The Balaban J connectivity index is 2.51. The Labute approximate surface area is 137 Å². The molecular weight excluding hydrogens is 350 g/mol. The third-order valence-corrected chi connectivity index (χ3v) is 3.49. The highest BCUT2D eigenvalue weighted by Crippen LogP contribution is 2.26. The highest BCUT2D eigenvalue weighted by atomic mass is 79.9. The van der Waals surface area contributed by atoms with Crippen LogP contribution < -0.4 is 0 Å². The van der Waals surface area contributed by atoms with Gasteiger partial charge in [0.05, 0.1) is 19.0 Å². The average molecular weight is 368 g/mol. The van der Waals surface area contributed by atoms with Crippen LogP contribution in [0.4, 0.5) is 4.79 Å². The molecule has 0 amide bonds. The quantitative estimate of drug-likeness (QED) is 0.755. The zero-order chi connectivity index (χ0) is 16.5. The lowest BCUT2D eigenvalue weighted by Gasteiger charge is -2.19. The largest absolute Gasteiger partial charge is 0.469 e. The summed E-state index contributed by atoms with van der Waals surface area (Å²) in [5, 5.41) is 0.811. The van der Waals surface area contributed by atoms with Gasteiger partial charge in [0.25, 0.3) is 0 Å². The van der Waals surface area contributed by atoms with E-state index >= 15 is 0 Å². The number of esters is 1. The van der Waals surface area contributed by atoms with Crippen molar-refractivity contribution in [2.75, 3.05) is 7.11 Å². The van der Waals surface area contributed by atoms with Crippen LogP contribution in [0.15, 0.2) is 28.9 Å². The lowest BCUT2D eigenvalue weighted by atomic mass is 10.1. The standard InChI is InChI=1S/C16H18BrNO4/c1-16(2,3)22-15(20)18-9-10(7-14(19)21-4)12-8-11(17)5-6-13(12)18/h5-6,8-9H,7H2,1-4H3. The number of hydrogen-bond donors (Lipinski definition) is 0. The Hall–Kier alpha value is -1.82. The number of carbonyl (C=O) groups excluding carboxylic acids is 2. The number of halogens is 1. The van der Waals surface area contributed by atoms with E-state index in [2.05, 4.69) is 15.9 Å². The Bertz CT molecular complexity index is 728. The van der Waals surface area contributed by atoms with E-state index in [9.17, 15) is 9.59 Å². The highest BCUT2D eigenvalue weighted by molar-refractivity contribution is 9.10. The third kappa shape index (κ3) is 3.68. The van der Waals surface area contributed by atoms with Crippen LogP contribution in [-0.2, 0) is 20.7 Å². The first kappa shape index (κ1) is 16.5. The monoisotopic (exact) mass is 367 g/mol. The molecule has 1 heterocycles. The van der Waals surface area contributed by atoms with E-state index in [4.69, 9.17) is 9.47 Å². The van der Waals surface area contributed by atoms with E-state index in [0.717, 1.165) is 9.86 Å². The van der Waals surface area contributed by atoms with Crippen LogP contribution in [0.5, 0.6) is 0 Å². The van der Waals surface area contributed by atoms with Crippen LogP contribution in [-0.4, -0.2) is 29.3 Å². The fraction of sp³-hybridized carbons (Fsp3) is 0.375. The van der Waals surface area contributed by atoms with Crippen molar-refractivity contribution in [1.29, 1.82) is 0 Å². The van der Waals surface area contributed by atoms with E-state index < -0.39 is 11.7 Å². The van der Waals surface area contributed by atoms with E-state index in [1.54, 1.807) is 6.20 Å². The van der Waals surface area contributed by atoms with Crippen LogP contribution in [0, 0.1) is 0 Å². The zero-order valence-electron chi connectivity index (χ0n) is 13.0. The SMILES string of the molecule is COC(=O)Cc1cn(C(=O)OC(C)(C)C)c2ccc(Br)cc12. The van der Waals surface area contributed by atoms with Gasteiger partial charge in [-0.05, 0) is 44.5 Å².